The fourth-order valence-corrected chi connectivity index (χ4v) is 2.40. The second-order valence-corrected chi connectivity index (χ2v) is 5.52. The standard InChI is InChI=1S/C16H19N3O5/c20-13-7-6-11(18-13)15(22)17-9-14(21)19-12(16(23)24)8-10-4-2-1-3-5-10/h1-5,11-12H,6-9H2,(H,17,22)(H,18,20)(H,19,21)(H,23,24). The lowest BCUT2D eigenvalue weighted by molar-refractivity contribution is -0.141. The molecule has 0 bridgehead atoms. The Balaban J connectivity index is 1.81. The van der Waals surface area contributed by atoms with E-state index in [0.717, 1.165) is 5.56 Å². The number of hydrogen-bond acceptors (Lipinski definition) is 4. The van der Waals surface area contributed by atoms with E-state index < -0.39 is 29.9 Å². The fraction of sp³-hybridized carbons (Fsp3) is 0.375. The van der Waals surface area contributed by atoms with Gasteiger partial charge >= 0.3 is 5.97 Å². The summed E-state index contributed by atoms with van der Waals surface area (Å²) in [6.45, 7) is -0.343. The van der Waals surface area contributed by atoms with E-state index in [4.69, 9.17) is 0 Å². The van der Waals surface area contributed by atoms with Gasteiger partial charge in [0, 0.05) is 12.8 Å². The number of carboxylic acids is 1. The molecule has 0 saturated carbocycles. The monoisotopic (exact) mass is 333 g/mol. The van der Waals surface area contributed by atoms with Crippen LogP contribution < -0.4 is 16.0 Å². The summed E-state index contributed by atoms with van der Waals surface area (Å²) in [6, 6.07) is 7.21. The third kappa shape index (κ3) is 5.08. The molecule has 2 unspecified atom stereocenters. The molecule has 0 radical (unpaired) electrons. The number of carbonyl (C=O) groups excluding carboxylic acids is 3. The molecule has 8 heteroatoms. The van der Waals surface area contributed by atoms with Gasteiger partial charge in [-0.1, -0.05) is 30.3 Å². The van der Waals surface area contributed by atoms with Crippen molar-refractivity contribution in [2.45, 2.75) is 31.3 Å². The first-order chi connectivity index (χ1) is 11.5. The molecule has 2 atom stereocenters. The molecular formula is C16H19N3O5. The van der Waals surface area contributed by atoms with Gasteiger partial charge in [0.1, 0.15) is 12.1 Å². The van der Waals surface area contributed by atoms with Crippen LogP contribution in [0.4, 0.5) is 0 Å². The third-order valence-electron chi connectivity index (χ3n) is 3.65. The Bertz CT molecular complexity index is 632. The SMILES string of the molecule is O=C(CNC(=O)C1CCC(=O)N1)NC(Cc1ccccc1)C(=O)O. The molecule has 1 aliphatic heterocycles. The first-order valence-electron chi connectivity index (χ1n) is 7.59. The molecule has 3 amide bonds. The summed E-state index contributed by atoms with van der Waals surface area (Å²) in [7, 11) is 0. The molecule has 0 aromatic heterocycles. The Morgan fingerprint density at radius 3 is 2.54 bits per heavy atom. The van der Waals surface area contributed by atoms with Gasteiger partial charge in [-0.05, 0) is 12.0 Å². The minimum atomic E-state index is -1.15. The fourth-order valence-electron chi connectivity index (χ4n) is 2.40. The van der Waals surface area contributed by atoms with Gasteiger partial charge in [0.25, 0.3) is 0 Å². The second-order valence-electron chi connectivity index (χ2n) is 5.52. The van der Waals surface area contributed by atoms with E-state index in [0.29, 0.717) is 6.42 Å². The zero-order valence-corrected chi connectivity index (χ0v) is 13.0. The Kier molecular flexibility index (Phi) is 5.89. The Morgan fingerprint density at radius 1 is 1.25 bits per heavy atom. The number of aliphatic carboxylic acids is 1. The largest absolute Gasteiger partial charge is 0.480 e. The summed E-state index contributed by atoms with van der Waals surface area (Å²) in [6.07, 6.45) is 0.815. The van der Waals surface area contributed by atoms with Crippen molar-refractivity contribution in [3.8, 4) is 0 Å². The summed E-state index contributed by atoms with van der Waals surface area (Å²) in [5.74, 6) is -2.41. The maximum Gasteiger partial charge on any atom is 0.326 e. The summed E-state index contributed by atoms with van der Waals surface area (Å²) in [5, 5.41) is 16.5. The van der Waals surface area contributed by atoms with Gasteiger partial charge in [-0.3, -0.25) is 14.4 Å². The highest BCUT2D eigenvalue weighted by Crippen LogP contribution is 2.06. The van der Waals surface area contributed by atoms with Crippen LogP contribution >= 0.6 is 0 Å². The highest BCUT2D eigenvalue weighted by atomic mass is 16.4. The van der Waals surface area contributed by atoms with Crippen molar-refractivity contribution in [2.24, 2.45) is 0 Å². The van der Waals surface area contributed by atoms with Crippen LogP contribution in [0.2, 0.25) is 0 Å². The van der Waals surface area contributed by atoms with Gasteiger partial charge in [0.05, 0.1) is 6.54 Å². The van der Waals surface area contributed by atoms with E-state index in [1.807, 2.05) is 6.07 Å². The lowest BCUT2D eigenvalue weighted by Crippen LogP contribution is -2.49. The van der Waals surface area contributed by atoms with Gasteiger partial charge in [0.2, 0.25) is 17.7 Å². The maximum atomic E-state index is 11.9. The van der Waals surface area contributed by atoms with Crippen LogP contribution in [0.15, 0.2) is 30.3 Å². The average Bonchev–Trinajstić information content (AvgIpc) is 2.99. The minimum absolute atomic E-state index is 0.147. The van der Waals surface area contributed by atoms with Crippen molar-refractivity contribution in [3.63, 3.8) is 0 Å². The molecule has 128 valence electrons. The van der Waals surface area contributed by atoms with Crippen LogP contribution in [0.1, 0.15) is 18.4 Å². The van der Waals surface area contributed by atoms with Crippen LogP contribution in [0.5, 0.6) is 0 Å². The number of hydrogen-bond donors (Lipinski definition) is 4. The highest BCUT2D eigenvalue weighted by molar-refractivity contribution is 5.93. The molecule has 1 heterocycles. The van der Waals surface area contributed by atoms with Crippen molar-refractivity contribution in [2.75, 3.05) is 6.54 Å². The quantitative estimate of drug-likeness (QED) is 0.520. The zero-order valence-electron chi connectivity index (χ0n) is 13.0. The van der Waals surface area contributed by atoms with Crippen LogP contribution in [-0.4, -0.2) is 47.4 Å². The van der Waals surface area contributed by atoms with Crippen molar-refractivity contribution in [1.82, 2.24) is 16.0 Å². The average molecular weight is 333 g/mol. The summed E-state index contributed by atoms with van der Waals surface area (Å²) >= 11 is 0. The number of rotatable bonds is 7. The molecular weight excluding hydrogens is 314 g/mol. The molecule has 24 heavy (non-hydrogen) atoms. The number of carbonyl (C=O) groups is 4. The Hall–Kier alpha value is -2.90. The maximum absolute atomic E-state index is 11.9. The van der Waals surface area contributed by atoms with Crippen LogP contribution in [0.3, 0.4) is 0 Å². The van der Waals surface area contributed by atoms with E-state index >= 15 is 0 Å². The molecule has 1 saturated heterocycles. The van der Waals surface area contributed by atoms with Crippen molar-refractivity contribution in [3.05, 3.63) is 35.9 Å². The lowest BCUT2D eigenvalue weighted by Gasteiger charge is -2.16. The molecule has 0 aliphatic carbocycles. The molecule has 1 aliphatic rings. The minimum Gasteiger partial charge on any atom is -0.480 e. The van der Waals surface area contributed by atoms with Crippen molar-refractivity contribution >= 4 is 23.7 Å². The topological polar surface area (TPSA) is 125 Å². The normalized spacial score (nSPS) is 17.7. The number of benzene rings is 1. The highest BCUT2D eigenvalue weighted by Gasteiger charge is 2.27. The van der Waals surface area contributed by atoms with Gasteiger partial charge in [-0.25, -0.2) is 4.79 Å². The Morgan fingerprint density at radius 2 is 1.96 bits per heavy atom. The van der Waals surface area contributed by atoms with Gasteiger partial charge in [-0.2, -0.15) is 0 Å². The first kappa shape index (κ1) is 17.5. The van der Waals surface area contributed by atoms with Gasteiger partial charge in [0.15, 0.2) is 0 Å². The third-order valence-corrected chi connectivity index (χ3v) is 3.65. The van der Waals surface area contributed by atoms with Crippen molar-refractivity contribution in [1.29, 1.82) is 0 Å². The lowest BCUT2D eigenvalue weighted by atomic mass is 10.1. The van der Waals surface area contributed by atoms with Crippen LogP contribution in [0, 0.1) is 0 Å². The van der Waals surface area contributed by atoms with E-state index in [1.165, 1.54) is 0 Å². The molecule has 8 nitrogen and oxygen atoms in total. The first-order valence-corrected chi connectivity index (χ1v) is 7.59. The molecule has 0 spiro atoms. The van der Waals surface area contributed by atoms with E-state index in [-0.39, 0.29) is 25.3 Å². The van der Waals surface area contributed by atoms with E-state index in [2.05, 4.69) is 16.0 Å². The number of nitrogens with one attached hydrogen (secondary N) is 3. The van der Waals surface area contributed by atoms with Crippen molar-refractivity contribution < 1.29 is 24.3 Å². The zero-order chi connectivity index (χ0) is 17.5. The van der Waals surface area contributed by atoms with Crippen LogP contribution in [0.25, 0.3) is 0 Å². The number of amides is 3. The van der Waals surface area contributed by atoms with E-state index in [1.54, 1.807) is 24.3 Å². The molecule has 1 aromatic rings. The molecule has 2 rings (SSSR count). The van der Waals surface area contributed by atoms with E-state index in [9.17, 15) is 24.3 Å². The molecule has 1 fully saturated rings. The van der Waals surface area contributed by atoms with Gasteiger partial charge < -0.3 is 21.1 Å². The van der Waals surface area contributed by atoms with Crippen LogP contribution in [-0.2, 0) is 25.6 Å². The number of carboxylic acid groups (broad SMARTS) is 1. The summed E-state index contributed by atoms with van der Waals surface area (Å²) in [5.41, 5.74) is 0.780. The summed E-state index contributed by atoms with van der Waals surface area (Å²) < 4.78 is 0. The summed E-state index contributed by atoms with van der Waals surface area (Å²) in [4.78, 5) is 46.0. The smallest absolute Gasteiger partial charge is 0.326 e. The second kappa shape index (κ2) is 8.09. The predicted octanol–water partition coefficient (Wildman–Crippen LogP) is -0.807. The van der Waals surface area contributed by atoms with Gasteiger partial charge in [-0.15, -0.1) is 0 Å². The molecule has 1 aromatic carbocycles. The molecule has 4 N–H and O–H groups in total. The predicted molar refractivity (Wildman–Crippen MR) is 83.9 cm³/mol. The Labute approximate surface area is 138 Å².